The van der Waals surface area contributed by atoms with E-state index in [1.54, 1.807) is 12.3 Å². The fourth-order valence-electron chi connectivity index (χ4n) is 2.78. The summed E-state index contributed by atoms with van der Waals surface area (Å²) < 4.78 is 1.53. The van der Waals surface area contributed by atoms with Crippen molar-refractivity contribution < 1.29 is 5.11 Å². The third-order valence-electron chi connectivity index (χ3n) is 3.90. The number of pyridine rings is 1. The zero-order valence-corrected chi connectivity index (χ0v) is 11.3. The molecule has 5 nitrogen and oxygen atoms in total. The maximum Gasteiger partial charge on any atom is 0.258 e. The molecule has 2 heterocycles. The fraction of sp³-hybridized carbons (Fsp3) is 0.467. The second-order valence-electron chi connectivity index (χ2n) is 5.35. The van der Waals surface area contributed by atoms with Gasteiger partial charge in [0, 0.05) is 24.8 Å². The van der Waals surface area contributed by atoms with Crippen molar-refractivity contribution in [3.63, 3.8) is 0 Å². The molecule has 3 rings (SSSR count). The average Bonchev–Trinajstić information content (AvgIpc) is 2.46. The minimum atomic E-state index is -0.287. The minimum absolute atomic E-state index is 0.0726. The van der Waals surface area contributed by atoms with Crippen LogP contribution in [0.3, 0.4) is 0 Å². The van der Waals surface area contributed by atoms with Crippen LogP contribution in [0.25, 0.3) is 5.65 Å². The van der Waals surface area contributed by atoms with Gasteiger partial charge in [0.15, 0.2) is 0 Å². The van der Waals surface area contributed by atoms with E-state index < -0.39 is 0 Å². The van der Waals surface area contributed by atoms with Gasteiger partial charge in [0.05, 0.1) is 11.8 Å². The largest absolute Gasteiger partial charge is 0.392 e. The Labute approximate surface area is 117 Å². The van der Waals surface area contributed by atoms with Crippen molar-refractivity contribution in [2.45, 2.75) is 44.4 Å². The first-order chi connectivity index (χ1) is 9.74. The van der Waals surface area contributed by atoms with E-state index in [0.717, 1.165) is 31.4 Å². The number of aromatic nitrogens is 2. The molecular weight excluding hydrogens is 254 g/mol. The Bertz CT molecular complexity index is 653. The summed E-state index contributed by atoms with van der Waals surface area (Å²) in [4.78, 5) is 16.4. The summed E-state index contributed by atoms with van der Waals surface area (Å²) in [7, 11) is 0. The van der Waals surface area contributed by atoms with Crippen LogP contribution < -0.4 is 10.9 Å². The van der Waals surface area contributed by atoms with Crippen LogP contribution in [0.5, 0.6) is 0 Å². The molecule has 2 N–H and O–H groups in total. The van der Waals surface area contributed by atoms with Crippen molar-refractivity contribution >= 4 is 5.65 Å². The standard InChI is InChI=1S/C15H19N3O2/c19-13-6-2-1-5-12(13)16-10-11-9-15(20)18-8-4-3-7-14(18)17-11/h3-4,7-9,12-13,16,19H,1-2,5-6,10H2. The minimum Gasteiger partial charge on any atom is -0.392 e. The van der Waals surface area contributed by atoms with Gasteiger partial charge < -0.3 is 10.4 Å². The highest BCUT2D eigenvalue weighted by molar-refractivity contribution is 5.37. The Balaban J connectivity index is 1.76. The fourth-order valence-corrected chi connectivity index (χ4v) is 2.78. The molecule has 0 amide bonds. The number of aliphatic hydroxyl groups is 1. The molecule has 1 saturated carbocycles. The third kappa shape index (κ3) is 2.73. The van der Waals surface area contributed by atoms with Gasteiger partial charge in [-0.1, -0.05) is 18.9 Å². The summed E-state index contributed by atoms with van der Waals surface area (Å²) in [5.74, 6) is 0. The maximum atomic E-state index is 12.0. The molecule has 2 unspecified atom stereocenters. The summed E-state index contributed by atoms with van der Waals surface area (Å²) >= 11 is 0. The van der Waals surface area contributed by atoms with E-state index in [4.69, 9.17) is 0 Å². The quantitative estimate of drug-likeness (QED) is 0.878. The van der Waals surface area contributed by atoms with Crippen molar-refractivity contribution in [2.75, 3.05) is 0 Å². The average molecular weight is 273 g/mol. The van der Waals surface area contributed by atoms with Crippen LogP contribution >= 0.6 is 0 Å². The van der Waals surface area contributed by atoms with Gasteiger partial charge >= 0.3 is 0 Å². The second kappa shape index (κ2) is 5.73. The van der Waals surface area contributed by atoms with Crippen LogP contribution in [-0.4, -0.2) is 26.6 Å². The van der Waals surface area contributed by atoms with Gasteiger partial charge in [-0.05, 0) is 25.0 Å². The Hall–Kier alpha value is -1.72. The van der Waals surface area contributed by atoms with Crippen molar-refractivity contribution in [2.24, 2.45) is 0 Å². The van der Waals surface area contributed by atoms with Crippen LogP contribution in [0.1, 0.15) is 31.4 Å². The van der Waals surface area contributed by atoms with E-state index in [-0.39, 0.29) is 17.7 Å². The van der Waals surface area contributed by atoms with Crippen molar-refractivity contribution in [1.82, 2.24) is 14.7 Å². The Morgan fingerprint density at radius 3 is 3.05 bits per heavy atom. The molecule has 1 aliphatic rings. The molecule has 2 atom stereocenters. The van der Waals surface area contributed by atoms with E-state index in [1.165, 1.54) is 4.40 Å². The van der Waals surface area contributed by atoms with E-state index in [9.17, 15) is 9.90 Å². The van der Waals surface area contributed by atoms with Crippen LogP contribution in [0.4, 0.5) is 0 Å². The van der Waals surface area contributed by atoms with Crippen LogP contribution in [0, 0.1) is 0 Å². The lowest BCUT2D eigenvalue weighted by Crippen LogP contribution is -2.41. The summed E-state index contributed by atoms with van der Waals surface area (Å²) in [6, 6.07) is 7.16. The SMILES string of the molecule is O=c1cc(CNC2CCCCC2O)nc2ccccn12. The maximum absolute atomic E-state index is 12.0. The van der Waals surface area contributed by atoms with Gasteiger partial charge in [0.25, 0.3) is 5.56 Å². The Morgan fingerprint density at radius 1 is 1.35 bits per heavy atom. The molecule has 20 heavy (non-hydrogen) atoms. The number of fused-ring (bicyclic) bond motifs is 1. The number of hydrogen-bond acceptors (Lipinski definition) is 4. The normalized spacial score (nSPS) is 23.1. The zero-order chi connectivity index (χ0) is 13.9. The van der Waals surface area contributed by atoms with Crippen LogP contribution in [0.15, 0.2) is 35.3 Å². The molecule has 0 saturated heterocycles. The number of rotatable bonds is 3. The number of nitrogens with one attached hydrogen (secondary N) is 1. The van der Waals surface area contributed by atoms with Gasteiger partial charge in [-0.2, -0.15) is 0 Å². The molecule has 0 aromatic carbocycles. The molecule has 1 fully saturated rings. The number of aliphatic hydroxyl groups excluding tert-OH is 1. The predicted octanol–water partition coefficient (Wildman–Crippen LogP) is 1.09. The van der Waals surface area contributed by atoms with Gasteiger partial charge in [-0.25, -0.2) is 4.98 Å². The molecule has 106 valence electrons. The monoisotopic (exact) mass is 273 g/mol. The molecule has 5 heteroatoms. The summed E-state index contributed by atoms with van der Waals surface area (Å²) in [5, 5.41) is 13.2. The molecule has 0 aliphatic heterocycles. The topological polar surface area (TPSA) is 66.6 Å². The first kappa shape index (κ1) is 13.3. The first-order valence-electron chi connectivity index (χ1n) is 7.13. The highest BCUT2D eigenvalue weighted by atomic mass is 16.3. The van der Waals surface area contributed by atoms with Gasteiger partial charge in [0.2, 0.25) is 0 Å². The van der Waals surface area contributed by atoms with Crippen molar-refractivity contribution in [3.05, 3.63) is 46.5 Å². The van der Waals surface area contributed by atoms with Gasteiger partial charge in [0.1, 0.15) is 5.65 Å². The number of nitrogens with zero attached hydrogens (tertiary/aromatic N) is 2. The molecule has 2 aromatic heterocycles. The Kier molecular flexibility index (Phi) is 3.80. The lowest BCUT2D eigenvalue weighted by molar-refractivity contribution is 0.0901. The van der Waals surface area contributed by atoms with Crippen molar-refractivity contribution in [3.8, 4) is 0 Å². The lowest BCUT2D eigenvalue weighted by atomic mass is 9.92. The summed E-state index contributed by atoms with van der Waals surface area (Å²) in [6.45, 7) is 0.516. The summed E-state index contributed by atoms with van der Waals surface area (Å²) in [5.41, 5.74) is 1.30. The molecule has 1 aliphatic carbocycles. The van der Waals surface area contributed by atoms with Gasteiger partial charge in [-0.3, -0.25) is 9.20 Å². The molecule has 0 spiro atoms. The Morgan fingerprint density at radius 2 is 2.20 bits per heavy atom. The van der Waals surface area contributed by atoms with Crippen molar-refractivity contribution in [1.29, 1.82) is 0 Å². The van der Waals surface area contributed by atoms with E-state index in [2.05, 4.69) is 10.3 Å². The predicted molar refractivity (Wildman–Crippen MR) is 76.6 cm³/mol. The third-order valence-corrected chi connectivity index (χ3v) is 3.90. The number of hydrogen-bond donors (Lipinski definition) is 2. The molecule has 2 aromatic rings. The highest BCUT2D eigenvalue weighted by Crippen LogP contribution is 2.18. The first-order valence-corrected chi connectivity index (χ1v) is 7.13. The van der Waals surface area contributed by atoms with E-state index >= 15 is 0 Å². The molecule has 0 bridgehead atoms. The van der Waals surface area contributed by atoms with Crippen LogP contribution in [0.2, 0.25) is 0 Å². The second-order valence-corrected chi connectivity index (χ2v) is 5.35. The lowest BCUT2D eigenvalue weighted by Gasteiger charge is -2.28. The van der Waals surface area contributed by atoms with Crippen LogP contribution in [-0.2, 0) is 6.54 Å². The van der Waals surface area contributed by atoms with E-state index in [1.807, 2.05) is 18.2 Å². The van der Waals surface area contributed by atoms with E-state index in [0.29, 0.717) is 12.2 Å². The molecular formula is C15H19N3O2. The van der Waals surface area contributed by atoms with Gasteiger partial charge in [-0.15, -0.1) is 0 Å². The zero-order valence-electron chi connectivity index (χ0n) is 11.3. The molecule has 0 radical (unpaired) electrons. The summed E-state index contributed by atoms with van der Waals surface area (Å²) in [6.07, 6.45) is 5.49. The highest BCUT2D eigenvalue weighted by Gasteiger charge is 2.22. The smallest absolute Gasteiger partial charge is 0.258 e.